The van der Waals surface area contributed by atoms with Crippen LogP contribution in [-0.4, -0.2) is 35.4 Å². The van der Waals surface area contributed by atoms with E-state index >= 15 is 0 Å². The Kier molecular flexibility index (Phi) is 7.53. The highest BCUT2D eigenvalue weighted by atomic mass is 35.5. The molecule has 1 saturated heterocycles. The standard InChI is InChI=1S/C26H29ClN4O3/c1-3-34-23-7-5-4-6-20(23)17-28-26(33)19-12-14-30(15-13-19)24-10-11-25(32)31(29-24)21-9-8-18(2)22(27)16-21/h4-11,16,19H,3,12-15,17H2,1-2H3,(H,28,33). The second kappa shape index (κ2) is 10.7. The summed E-state index contributed by atoms with van der Waals surface area (Å²) in [6.45, 7) is 6.26. The Labute approximate surface area is 204 Å². The van der Waals surface area contributed by atoms with Gasteiger partial charge in [0.2, 0.25) is 5.91 Å². The zero-order valence-corrected chi connectivity index (χ0v) is 20.2. The Bertz CT molecular complexity index is 1220. The third-order valence-corrected chi connectivity index (χ3v) is 6.51. The summed E-state index contributed by atoms with van der Waals surface area (Å²) in [5, 5.41) is 8.22. The number of ether oxygens (including phenoxy) is 1. The molecule has 0 radical (unpaired) electrons. The molecule has 34 heavy (non-hydrogen) atoms. The van der Waals surface area contributed by atoms with Crippen LogP contribution in [0, 0.1) is 12.8 Å². The van der Waals surface area contributed by atoms with E-state index in [1.165, 1.54) is 10.7 Å². The number of rotatable bonds is 7. The number of anilines is 1. The molecule has 0 atom stereocenters. The van der Waals surface area contributed by atoms with E-state index in [9.17, 15) is 9.59 Å². The number of benzene rings is 2. The van der Waals surface area contributed by atoms with Crippen LogP contribution in [0.4, 0.5) is 5.82 Å². The second-order valence-corrected chi connectivity index (χ2v) is 8.80. The highest BCUT2D eigenvalue weighted by molar-refractivity contribution is 6.31. The van der Waals surface area contributed by atoms with Crippen molar-refractivity contribution >= 4 is 23.3 Å². The van der Waals surface area contributed by atoms with Crippen molar-refractivity contribution in [3.05, 3.63) is 81.1 Å². The van der Waals surface area contributed by atoms with Gasteiger partial charge in [0, 0.05) is 42.2 Å². The molecule has 0 spiro atoms. The average Bonchev–Trinajstić information content (AvgIpc) is 2.86. The Morgan fingerprint density at radius 2 is 1.91 bits per heavy atom. The summed E-state index contributed by atoms with van der Waals surface area (Å²) in [5.74, 6) is 1.51. The number of carbonyl (C=O) groups excluding carboxylic acids is 1. The normalized spacial score (nSPS) is 14.1. The number of nitrogens with zero attached hydrogens (tertiary/aromatic N) is 3. The van der Waals surface area contributed by atoms with Crippen LogP contribution in [-0.2, 0) is 11.3 Å². The highest BCUT2D eigenvalue weighted by Gasteiger charge is 2.26. The summed E-state index contributed by atoms with van der Waals surface area (Å²) < 4.78 is 7.01. The van der Waals surface area contributed by atoms with Gasteiger partial charge in [0.25, 0.3) is 5.56 Å². The zero-order valence-electron chi connectivity index (χ0n) is 19.5. The summed E-state index contributed by atoms with van der Waals surface area (Å²) >= 11 is 6.24. The van der Waals surface area contributed by atoms with Crippen molar-refractivity contribution in [2.75, 3.05) is 24.6 Å². The van der Waals surface area contributed by atoms with Crippen molar-refractivity contribution in [1.82, 2.24) is 15.1 Å². The molecule has 1 aliphatic rings. The van der Waals surface area contributed by atoms with Gasteiger partial charge in [-0.15, -0.1) is 5.10 Å². The first-order chi connectivity index (χ1) is 16.5. The molecule has 0 aliphatic carbocycles. The molecule has 2 heterocycles. The average molecular weight is 481 g/mol. The quantitative estimate of drug-likeness (QED) is 0.550. The van der Waals surface area contributed by atoms with Gasteiger partial charge in [0.1, 0.15) is 11.6 Å². The van der Waals surface area contributed by atoms with E-state index in [1.54, 1.807) is 12.1 Å². The lowest BCUT2D eigenvalue weighted by Crippen LogP contribution is -2.41. The molecular weight excluding hydrogens is 452 g/mol. The minimum atomic E-state index is -0.217. The molecular formula is C26H29ClN4O3. The molecule has 3 aromatic rings. The number of amides is 1. The van der Waals surface area contributed by atoms with E-state index in [4.69, 9.17) is 16.3 Å². The summed E-state index contributed by atoms with van der Waals surface area (Å²) in [5.41, 5.74) is 2.32. The maximum Gasteiger partial charge on any atom is 0.271 e. The molecule has 1 fully saturated rings. The summed E-state index contributed by atoms with van der Waals surface area (Å²) in [6, 6.07) is 16.5. The van der Waals surface area contributed by atoms with E-state index in [2.05, 4.69) is 15.3 Å². The fourth-order valence-corrected chi connectivity index (χ4v) is 4.29. The van der Waals surface area contributed by atoms with Gasteiger partial charge in [-0.25, -0.2) is 0 Å². The smallest absolute Gasteiger partial charge is 0.271 e. The van der Waals surface area contributed by atoms with E-state index in [-0.39, 0.29) is 17.4 Å². The fraction of sp³-hybridized carbons (Fsp3) is 0.346. The lowest BCUT2D eigenvalue weighted by atomic mass is 9.96. The van der Waals surface area contributed by atoms with Crippen LogP contribution in [0.5, 0.6) is 5.75 Å². The number of nitrogens with one attached hydrogen (secondary N) is 1. The molecule has 1 aromatic heterocycles. The van der Waals surface area contributed by atoms with Crippen molar-refractivity contribution in [2.24, 2.45) is 5.92 Å². The van der Waals surface area contributed by atoms with Gasteiger partial charge in [-0.2, -0.15) is 4.68 Å². The van der Waals surface area contributed by atoms with Gasteiger partial charge in [-0.1, -0.05) is 35.9 Å². The maximum atomic E-state index is 12.8. The first kappa shape index (κ1) is 23.8. The third-order valence-electron chi connectivity index (χ3n) is 6.10. The van der Waals surface area contributed by atoms with Gasteiger partial charge in [-0.3, -0.25) is 9.59 Å². The number of para-hydroxylation sites is 1. The van der Waals surface area contributed by atoms with Crippen molar-refractivity contribution < 1.29 is 9.53 Å². The minimum absolute atomic E-state index is 0.0539. The molecule has 2 aromatic carbocycles. The number of piperidine rings is 1. The van der Waals surface area contributed by atoms with E-state index in [0.29, 0.717) is 42.8 Å². The number of aryl methyl sites for hydroxylation is 1. The molecule has 0 saturated carbocycles. The van der Waals surface area contributed by atoms with Gasteiger partial charge in [0.15, 0.2) is 0 Å². The minimum Gasteiger partial charge on any atom is -0.494 e. The fourth-order valence-electron chi connectivity index (χ4n) is 4.11. The molecule has 7 nitrogen and oxygen atoms in total. The second-order valence-electron chi connectivity index (χ2n) is 8.39. The number of halogens is 1. The zero-order chi connectivity index (χ0) is 24.1. The maximum absolute atomic E-state index is 12.8. The van der Waals surface area contributed by atoms with Crippen molar-refractivity contribution in [3.8, 4) is 11.4 Å². The van der Waals surface area contributed by atoms with Crippen LogP contribution in [0.2, 0.25) is 5.02 Å². The van der Waals surface area contributed by atoms with Crippen molar-refractivity contribution in [1.29, 1.82) is 0 Å². The topological polar surface area (TPSA) is 76.5 Å². The lowest BCUT2D eigenvalue weighted by molar-refractivity contribution is -0.125. The van der Waals surface area contributed by atoms with E-state index in [1.807, 2.05) is 50.2 Å². The van der Waals surface area contributed by atoms with Crippen LogP contribution >= 0.6 is 11.6 Å². The number of hydrogen-bond donors (Lipinski definition) is 1. The largest absolute Gasteiger partial charge is 0.494 e. The summed E-state index contributed by atoms with van der Waals surface area (Å²) in [7, 11) is 0. The highest BCUT2D eigenvalue weighted by Crippen LogP contribution is 2.24. The molecule has 1 amide bonds. The molecule has 4 rings (SSSR count). The van der Waals surface area contributed by atoms with Crippen molar-refractivity contribution in [2.45, 2.75) is 33.2 Å². The monoisotopic (exact) mass is 480 g/mol. The predicted octanol–water partition coefficient (Wildman–Crippen LogP) is 4.13. The lowest BCUT2D eigenvalue weighted by Gasteiger charge is -2.32. The van der Waals surface area contributed by atoms with Crippen molar-refractivity contribution in [3.63, 3.8) is 0 Å². The Morgan fingerprint density at radius 1 is 1.15 bits per heavy atom. The van der Waals surface area contributed by atoms with Crippen LogP contribution in [0.3, 0.4) is 0 Å². The van der Waals surface area contributed by atoms with E-state index in [0.717, 1.165) is 29.7 Å². The third kappa shape index (κ3) is 5.42. The first-order valence-corrected chi connectivity index (χ1v) is 11.9. The Balaban J connectivity index is 1.38. The molecule has 0 unspecified atom stereocenters. The van der Waals surface area contributed by atoms with Gasteiger partial charge in [-0.05, 0) is 56.5 Å². The number of carbonyl (C=O) groups is 1. The summed E-state index contributed by atoms with van der Waals surface area (Å²) in [6.07, 6.45) is 1.44. The van der Waals surface area contributed by atoms with Crippen LogP contribution in [0.15, 0.2) is 59.4 Å². The Morgan fingerprint density at radius 3 is 2.65 bits per heavy atom. The van der Waals surface area contributed by atoms with Crippen LogP contribution in [0.1, 0.15) is 30.9 Å². The molecule has 0 bridgehead atoms. The predicted molar refractivity (Wildman–Crippen MR) is 134 cm³/mol. The number of aromatic nitrogens is 2. The van der Waals surface area contributed by atoms with Gasteiger partial charge in [0.05, 0.1) is 12.3 Å². The molecule has 8 heteroatoms. The Hall–Kier alpha value is -3.32. The van der Waals surface area contributed by atoms with Crippen LogP contribution in [0.25, 0.3) is 5.69 Å². The molecule has 1 N–H and O–H groups in total. The van der Waals surface area contributed by atoms with E-state index < -0.39 is 0 Å². The number of hydrogen-bond acceptors (Lipinski definition) is 5. The molecule has 1 aliphatic heterocycles. The summed E-state index contributed by atoms with van der Waals surface area (Å²) in [4.78, 5) is 27.3. The van der Waals surface area contributed by atoms with Gasteiger partial charge < -0.3 is 15.0 Å². The molecule has 178 valence electrons. The SMILES string of the molecule is CCOc1ccccc1CNC(=O)C1CCN(c2ccc(=O)n(-c3ccc(C)c(Cl)c3)n2)CC1. The first-order valence-electron chi connectivity index (χ1n) is 11.6. The van der Waals surface area contributed by atoms with Crippen LogP contribution < -0.4 is 20.5 Å². The van der Waals surface area contributed by atoms with Gasteiger partial charge >= 0.3 is 0 Å².